The number of amides is 1. The molecular weight excluding hydrogens is 301 g/mol. The zero-order valence-electron chi connectivity index (χ0n) is 13.6. The summed E-state index contributed by atoms with van der Waals surface area (Å²) in [6.45, 7) is 6.51. The Kier molecular flexibility index (Phi) is 5.18. The van der Waals surface area contributed by atoms with E-state index in [9.17, 15) is 14.4 Å². The Balaban J connectivity index is 1.97. The second kappa shape index (κ2) is 6.93. The maximum atomic E-state index is 12.9. The summed E-state index contributed by atoms with van der Waals surface area (Å²) in [6.07, 6.45) is 2.03. The van der Waals surface area contributed by atoms with Crippen LogP contribution in [0.1, 0.15) is 39.3 Å². The SMILES string of the molecule is CC(C)(C)OC(=O)N1CCC(/C(=N/O)c2ccc(F)cn2)CC1. The first-order valence-corrected chi connectivity index (χ1v) is 7.62. The first-order chi connectivity index (χ1) is 10.8. The molecule has 1 N–H and O–H groups in total. The molecule has 1 aliphatic heterocycles. The maximum Gasteiger partial charge on any atom is 0.410 e. The number of ether oxygens (including phenoxy) is 1. The number of aromatic nitrogens is 1. The number of carbonyl (C=O) groups is 1. The van der Waals surface area contributed by atoms with Gasteiger partial charge < -0.3 is 14.8 Å². The van der Waals surface area contributed by atoms with Crippen molar-refractivity contribution in [2.45, 2.75) is 39.2 Å². The highest BCUT2D eigenvalue weighted by atomic mass is 19.1. The molecule has 1 aromatic rings. The van der Waals surface area contributed by atoms with Gasteiger partial charge in [-0.15, -0.1) is 0 Å². The van der Waals surface area contributed by atoms with Gasteiger partial charge in [-0.2, -0.15) is 0 Å². The summed E-state index contributed by atoms with van der Waals surface area (Å²) < 4.78 is 18.3. The van der Waals surface area contributed by atoms with Crippen LogP contribution < -0.4 is 0 Å². The van der Waals surface area contributed by atoms with E-state index in [0.717, 1.165) is 6.20 Å². The maximum absolute atomic E-state index is 12.9. The zero-order valence-corrected chi connectivity index (χ0v) is 13.6. The lowest BCUT2D eigenvalue weighted by Crippen LogP contribution is -2.43. The van der Waals surface area contributed by atoms with Crippen molar-refractivity contribution in [1.29, 1.82) is 0 Å². The number of pyridine rings is 1. The molecule has 126 valence electrons. The average molecular weight is 323 g/mol. The molecule has 2 rings (SSSR count). The first-order valence-electron chi connectivity index (χ1n) is 7.62. The molecule has 0 radical (unpaired) electrons. The minimum atomic E-state index is -0.524. The Morgan fingerprint density at radius 3 is 2.52 bits per heavy atom. The minimum Gasteiger partial charge on any atom is -0.444 e. The molecule has 1 aromatic heterocycles. The van der Waals surface area contributed by atoms with Crippen LogP contribution in [0.5, 0.6) is 0 Å². The van der Waals surface area contributed by atoms with Crippen molar-refractivity contribution < 1.29 is 19.1 Å². The van der Waals surface area contributed by atoms with Crippen LogP contribution in [0.2, 0.25) is 0 Å². The predicted octanol–water partition coefficient (Wildman–Crippen LogP) is 3.05. The van der Waals surface area contributed by atoms with E-state index < -0.39 is 11.4 Å². The van der Waals surface area contributed by atoms with Crippen molar-refractivity contribution >= 4 is 11.8 Å². The first kappa shape index (κ1) is 17.2. The van der Waals surface area contributed by atoms with Gasteiger partial charge in [0.15, 0.2) is 0 Å². The Bertz CT molecular complexity index is 573. The Labute approximate surface area is 135 Å². The van der Waals surface area contributed by atoms with Crippen LogP contribution in [0.3, 0.4) is 0 Å². The topological polar surface area (TPSA) is 75.0 Å². The number of likely N-dealkylation sites (tertiary alicyclic amines) is 1. The Morgan fingerprint density at radius 1 is 1.39 bits per heavy atom. The Morgan fingerprint density at radius 2 is 2.04 bits per heavy atom. The number of hydrogen-bond donors (Lipinski definition) is 1. The van der Waals surface area contributed by atoms with Gasteiger partial charge in [0.25, 0.3) is 0 Å². The van der Waals surface area contributed by atoms with E-state index in [2.05, 4.69) is 10.1 Å². The fourth-order valence-electron chi connectivity index (χ4n) is 2.53. The van der Waals surface area contributed by atoms with E-state index in [4.69, 9.17) is 4.74 Å². The van der Waals surface area contributed by atoms with Gasteiger partial charge in [0.2, 0.25) is 0 Å². The third-order valence-electron chi connectivity index (χ3n) is 3.63. The Hall–Kier alpha value is -2.18. The summed E-state index contributed by atoms with van der Waals surface area (Å²) in [5, 5.41) is 12.6. The van der Waals surface area contributed by atoms with Gasteiger partial charge in [-0.25, -0.2) is 9.18 Å². The lowest BCUT2D eigenvalue weighted by Gasteiger charge is -2.33. The molecule has 0 unspecified atom stereocenters. The average Bonchev–Trinajstić information content (AvgIpc) is 2.49. The number of halogens is 1. The molecule has 23 heavy (non-hydrogen) atoms. The molecule has 1 amide bonds. The smallest absolute Gasteiger partial charge is 0.410 e. The molecule has 1 aliphatic rings. The summed E-state index contributed by atoms with van der Waals surface area (Å²) in [6, 6.07) is 2.77. The number of rotatable bonds is 2. The van der Waals surface area contributed by atoms with Crippen molar-refractivity contribution in [2.75, 3.05) is 13.1 Å². The molecule has 6 nitrogen and oxygen atoms in total. The molecule has 0 saturated carbocycles. The van der Waals surface area contributed by atoms with Crippen molar-refractivity contribution in [2.24, 2.45) is 11.1 Å². The van der Waals surface area contributed by atoms with E-state index >= 15 is 0 Å². The number of hydrogen-bond acceptors (Lipinski definition) is 5. The minimum absolute atomic E-state index is 0.0309. The standard InChI is InChI=1S/C16H22FN3O3/c1-16(2,3)23-15(21)20-8-6-11(7-9-20)14(19-22)13-5-4-12(17)10-18-13/h4-5,10-11,22H,6-9H2,1-3H3/b19-14-. The number of carbonyl (C=O) groups excluding carboxylic acids is 1. The van der Waals surface area contributed by atoms with Gasteiger partial charge in [0.1, 0.15) is 17.1 Å². The second-order valence-corrected chi connectivity index (χ2v) is 6.59. The summed E-state index contributed by atoms with van der Waals surface area (Å²) in [7, 11) is 0. The molecular formula is C16H22FN3O3. The molecule has 7 heteroatoms. The van der Waals surface area contributed by atoms with E-state index in [1.165, 1.54) is 12.1 Å². The van der Waals surface area contributed by atoms with Gasteiger partial charge in [-0.3, -0.25) is 4.98 Å². The molecule has 0 atom stereocenters. The van der Waals surface area contributed by atoms with E-state index in [1.807, 2.05) is 20.8 Å². The molecule has 1 saturated heterocycles. The highest BCUT2D eigenvalue weighted by Gasteiger charge is 2.30. The van der Waals surface area contributed by atoms with Gasteiger partial charge >= 0.3 is 6.09 Å². The molecule has 0 aromatic carbocycles. The zero-order chi connectivity index (χ0) is 17.0. The summed E-state index contributed by atoms with van der Waals surface area (Å²) in [5.74, 6) is -0.470. The second-order valence-electron chi connectivity index (χ2n) is 6.59. The van der Waals surface area contributed by atoms with Crippen LogP contribution in [0.15, 0.2) is 23.5 Å². The van der Waals surface area contributed by atoms with Crippen LogP contribution in [0.25, 0.3) is 0 Å². The van der Waals surface area contributed by atoms with E-state index in [1.54, 1.807) is 4.90 Å². The van der Waals surface area contributed by atoms with Crippen molar-refractivity contribution in [3.05, 3.63) is 29.8 Å². The fourth-order valence-corrected chi connectivity index (χ4v) is 2.53. The quantitative estimate of drug-likeness (QED) is 0.516. The molecule has 2 heterocycles. The van der Waals surface area contributed by atoms with Crippen molar-refractivity contribution in [3.63, 3.8) is 0 Å². The summed E-state index contributed by atoms with van der Waals surface area (Å²) >= 11 is 0. The largest absolute Gasteiger partial charge is 0.444 e. The van der Waals surface area contributed by atoms with Crippen LogP contribution in [-0.2, 0) is 4.74 Å². The van der Waals surface area contributed by atoms with Gasteiger partial charge in [0, 0.05) is 19.0 Å². The number of nitrogens with zero attached hydrogens (tertiary/aromatic N) is 3. The highest BCUT2D eigenvalue weighted by molar-refractivity contribution is 6.00. The van der Waals surface area contributed by atoms with Gasteiger partial charge in [-0.1, -0.05) is 5.16 Å². The molecule has 0 spiro atoms. The van der Waals surface area contributed by atoms with Gasteiger partial charge in [-0.05, 0) is 45.7 Å². The third-order valence-corrected chi connectivity index (χ3v) is 3.63. The fraction of sp³-hybridized carbons (Fsp3) is 0.562. The van der Waals surface area contributed by atoms with Gasteiger partial charge in [0.05, 0.1) is 11.9 Å². The van der Waals surface area contributed by atoms with Crippen molar-refractivity contribution in [1.82, 2.24) is 9.88 Å². The summed E-state index contributed by atoms with van der Waals surface area (Å²) in [5.41, 5.74) is 0.349. The lowest BCUT2D eigenvalue weighted by molar-refractivity contribution is 0.0201. The van der Waals surface area contributed by atoms with Crippen molar-refractivity contribution in [3.8, 4) is 0 Å². The summed E-state index contributed by atoms with van der Waals surface area (Å²) in [4.78, 5) is 17.6. The molecule has 0 bridgehead atoms. The van der Waals surface area contributed by atoms with Crippen LogP contribution in [0, 0.1) is 11.7 Å². The number of oxime groups is 1. The van der Waals surface area contributed by atoms with Crippen LogP contribution in [-0.4, -0.2) is 45.6 Å². The predicted molar refractivity (Wildman–Crippen MR) is 83.0 cm³/mol. The van der Waals surface area contributed by atoms with Crippen LogP contribution >= 0.6 is 0 Å². The monoisotopic (exact) mass is 323 g/mol. The normalized spacial score (nSPS) is 17.2. The molecule has 1 fully saturated rings. The highest BCUT2D eigenvalue weighted by Crippen LogP contribution is 2.23. The van der Waals surface area contributed by atoms with E-state index in [-0.39, 0.29) is 12.0 Å². The van der Waals surface area contributed by atoms with Crippen LogP contribution in [0.4, 0.5) is 9.18 Å². The third kappa shape index (κ3) is 4.64. The molecule has 0 aliphatic carbocycles. The van der Waals surface area contributed by atoms with E-state index in [0.29, 0.717) is 37.3 Å². The lowest BCUT2D eigenvalue weighted by atomic mass is 9.90. The number of piperidine rings is 1.